The molecule has 0 aliphatic carbocycles. The fourth-order valence-corrected chi connectivity index (χ4v) is 3.17. The molecule has 0 bridgehead atoms. The molecule has 2 aromatic carbocycles. The van der Waals surface area contributed by atoms with Gasteiger partial charge in [-0.15, -0.1) is 0 Å². The number of aromatic nitrogens is 2. The number of aliphatic imine (C=N–C) groups is 1. The van der Waals surface area contributed by atoms with Crippen LogP contribution in [0.2, 0.25) is 0 Å². The standard InChI is InChI=1S/C23H26FN7O/c1-27-23(29-15-16-5-11-19(32-2)12-6-16)28-13-3-4-21-20(14-25)22(26)31(30-21)18-9-7-17(24)8-10-18/h5-12H,3-4,13,15,26H2,1-2H3,(H2,27,28,29). The topological polar surface area (TPSA) is 113 Å². The first-order chi connectivity index (χ1) is 15.5. The Balaban J connectivity index is 1.53. The zero-order valence-electron chi connectivity index (χ0n) is 18.1. The van der Waals surface area contributed by atoms with Gasteiger partial charge in [0.05, 0.1) is 18.5 Å². The molecule has 0 atom stereocenters. The summed E-state index contributed by atoms with van der Waals surface area (Å²) >= 11 is 0. The van der Waals surface area contributed by atoms with Crippen molar-refractivity contribution in [1.29, 1.82) is 5.26 Å². The molecule has 1 heterocycles. The van der Waals surface area contributed by atoms with Crippen LogP contribution in [0, 0.1) is 17.1 Å². The number of rotatable bonds is 8. The van der Waals surface area contributed by atoms with Crippen LogP contribution in [-0.2, 0) is 13.0 Å². The van der Waals surface area contributed by atoms with E-state index in [1.165, 1.54) is 16.8 Å². The maximum absolute atomic E-state index is 13.2. The van der Waals surface area contributed by atoms with Crippen LogP contribution >= 0.6 is 0 Å². The molecule has 0 unspecified atom stereocenters. The number of benzene rings is 2. The molecule has 8 nitrogen and oxygen atoms in total. The van der Waals surface area contributed by atoms with Crippen molar-refractivity contribution in [3.8, 4) is 17.5 Å². The Kier molecular flexibility index (Phi) is 7.65. The number of nitriles is 1. The first kappa shape index (κ1) is 22.6. The van der Waals surface area contributed by atoms with Crippen LogP contribution in [0.1, 0.15) is 23.2 Å². The maximum atomic E-state index is 13.2. The Morgan fingerprint density at radius 2 is 1.91 bits per heavy atom. The maximum Gasteiger partial charge on any atom is 0.191 e. The molecule has 4 N–H and O–H groups in total. The lowest BCUT2D eigenvalue weighted by Gasteiger charge is -2.12. The molecule has 0 aliphatic heterocycles. The number of guanidine groups is 1. The second kappa shape index (κ2) is 10.8. The molecule has 0 saturated carbocycles. The number of nitrogen functional groups attached to an aromatic ring is 1. The van der Waals surface area contributed by atoms with Gasteiger partial charge in [0, 0.05) is 20.1 Å². The summed E-state index contributed by atoms with van der Waals surface area (Å²) in [6.07, 6.45) is 1.28. The molecule has 32 heavy (non-hydrogen) atoms. The van der Waals surface area contributed by atoms with Gasteiger partial charge in [0.1, 0.15) is 29.0 Å². The first-order valence-corrected chi connectivity index (χ1v) is 10.2. The third-order valence-electron chi connectivity index (χ3n) is 4.90. The van der Waals surface area contributed by atoms with Crippen LogP contribution in [-0.4, -0.2) is 36.4 Å². The first-order valence-electron chi connectivity index (χ1n) is 10.2. The highest BCUT2D eigenvalue weighted by Gasteiger charge is 2.16. The second-order valence-corrected chi connectivity index (χ2v) is 7.01. The van der Waals surface area contributed by atoms with Crippen molar-refractivity contribution in [3.05, 3.63) is 71.2 Å². The average Bonchev–Trinajstić information content (AvgIpc) is 3.14. The molecule has 0 saturated heterocycles. The number of nitrogens with zero attached hydrogens (tertiary/aromatic N) is 4. The van der Waals surface area contributed by atoms with Crippen molar-refractivity contribution in [2.75, 3.05) is 26.4 Å². The van der Waals surface area contributed by atoms with E-state index in [2.05, 4.69) is 26.8 Å². The summed E-state index contributed by atoms with van der Waals surface area (Å²) in [5, 5.41) is 20.5. The van der Waals surface area contributed by atoms with Crippen molar-refractivity contribution in [1.82, 2.24) is 20.4 Å². The zero-order valence-corrected chi connectivity index (χ0v) is 18.1. The van der Waals surface area contributed by atoms with E-state index in [1.54, 1.807) is 26.3 Å². The molecule has 9 heteroatoms. The molecule has 3 aromatic rings. The van der Waals surface area contributed by atoms with Crippen molar-refractivity contribution in [2.24, 2.45) is 4.99 Å². The number of anilines is 1. The van der Waals surface area contributed by atoms with E-state index in [0.717, 1.165) is 17.7 Å². The van der Waals surface area contributed by atoms with E-state index in [-0.39, 0.29) is 11.6 Å². The fraction of sp³-hybridized carbons (Fsp3) is 0.261. The van der Waals surface area contributed by atoms with Crippen LogP contribution in [0.5, 0.6) is 5.75 Å². The summed E-state index contributed by atoms with van der Waals surface area (Å²) in [4.78, 5) is 4.23. The Morgan fingerprint density at radius 3 is 2.53 bits per heavy atom. The molecular weight excluding hydrogens is 409 g/mol. The Morgan fingerprint density at radius 1 is 1.19 bits per heavy atom. The van der Waals surface area contributed by atoms with Crippen LogP contribution in [0.4, 0.5) is 10.2 Å². The Labute approximate surface area is 186 Å². The summed E-state index contributed by atoms with van der Waals surface area (Å²) in [5.41, 5.74) is 8.77. The largest absolute Gasteiger partial charge is 0.497 e. The van der Waals surface area contributed by atoms with Gasteiger partial charge in [0.25, 0.3) is 0 Å². The zero-order chi connectivity index (χ0) is 22.9. The highest BCUT2D eigenvalue weighted by Crippen LogP contribution is 2.21. The molecule has 166 valence electrons. The van der Waals surface area contributed by atoms with Gasteiger partial charge in [-0.25, -0.2) is 9.07 Å². The van der Waals surface area contributed by atoms with Gasteiger partial charge in [-0.1, -0.05) is 12.1 Å². The van der Waals surface area contributed by atoms with Crippen molar-refractivity contribution >= 4 is 11.8 Å². The van der Waals surface area contributed by atoms with Crippen molar-refractivity contribution in [3.63, 3.8) is 0 Å². The second-order valence-electron chi connectivity index (χ2n) is 7.01. The predicted molar refractivity (Wildman–Crippen MR) is 122 cm³/mol. The molecule has 0 fully saturated rings. The number of ether oxygens (including phenoxy) is 1. The van der Waals surface area contributed by atoms with Gasteiger partial charge in [-0.05, 0) is 54.8 Å². The normalized spacial score (nSPS) is 11.1. The predicted octanol–water partition coefficient (Wildman–Crippen LogP) is 2.77. The Bertz CT molecular complexity index is 1100. The molecule has 0 radical (unpaired) electrons. The number of aryl methyl sites for hydroxylation is 1. The number of hydrogen-bond donors (Lipinski definition) is 3. The molecule has 1 aromatic heterocycles. The quantitative estimate of drug-likeness (QED) is 0.285. The van der Waals surface area contributed by atoms with E-state index in [1.807, 2.05) is 24.3 Å². The van der Waals surface area contributed by atoms with E-state index in [0.29, 0.717) is 42.4 Å². The third kappa shape index (κ3) is 5.55. The molecule has 0 amide bonds. The Hall–Kier alpha value is -4.06. The summed E-state index contributed by atoms with van der Waals surface area (Å²) in [6.45, 7) is 1.26. The molecule has 0 spiro atoms. The van der Waals surface area contributed by atoms with Gasteiger partial charge in [0.2, 0.25) is 0 Å². The summed E-state index contributed by atoms with van der Waals surface area (Å²) in [5.74, 6) is 1.40. The van der Waals surface area contributed by atoms with E-state index in [9.17, 15) is 9.65 Å². The fourth-order valence-electron chi connectivity index (χ4n) is 3.17. The number of hydrogen-bond acceptors (Lipinski definition) is 5. The SMILES string of the molecule is CN=C(NCCCc1nn(-c2ccc(F)cc2)c(N)c1C#N)NCc1ccc(OC)cc1. The lowest BCUT2D eigenvalue weighted by Crippen LogP contribution is -2.37. The lowest BCUT2D eigenvalue weighted by atomic mass is 10.1. The van der Waals surface area contributed by atoms with E-state index >= 15 is 0 Å². The third-order valence-corrected chi connectivity index (χ3v) is 4.90. The minimum absolute atomic E-state index is 0.249. The highest BCUT2D eigenvalue weighted by molar-refractivity contribution is 5.79. The number of nitrogens with one attached hydrogen (secondary N) is 2. The summed E-state index contributed by atoms with van der Waals surface area (Å²) in [6, 6.07) is 15.7. The smallest absolute Gasteiger partial charge is 0.191 e. The van der Waals surface area contributed by atoms with Crippen molar-refractivity contribution < 1.29 is 9.13 Å². The van der Waals surface area contributed by atoms with E-state index in [4.69, 9.17) is 10.5 Å². The minimum Gasteiger partial charge on any atom is -0.497 e. The van der Waals surface area contributed by atoms with Crippen molar-refractivity contribution in [2.45, 2.75) is 19.4 Å². The van der Waals surface area contributed by atoms with Crippen LogP contribution in [0.25, 0.3) is 5.69 Å². The van der Waals surface area contributed by atoms with Gasteiger partial charge < -0.3 is 21.1 Å². The summed E-state index contributed by atoms with van der Waals surface area (Å²) < 4.78 is 19.8. The van der Waals surface area contributed by atoms with Gasteiger partial charge in [0.15, 0.2) is 5.96 Å². The van der Waals surface area contributed by atoms with E-state index < -0.39 is 0 Å². The number of methoxy groups -OCH3 is 1. The minimum atomic E-state index is -0.347. The molecule has 0 aliphatic rings. The lowest BCUT2D eigenvalue weighted by molar-refractivity contribution is 0.414. The highest BCUT2D eigenvalue weighted by atomic mass is 19.1. The van der Waals surface area contributed by atoms with Crippen LogP contribution in [0.15, 0.2) is 53.5 Å². The molecular formula is C23H26FN7O. The average molecular weight is 436 g/mol. The van der Waals surface area contributed by atoms with Crippen LogP contribution < -0.4 is 21.1 Å². The monoisotopic (exact) mass is 435 g/mol. The summed E-state index contributed by atoms with van der Waals surface area (Å²) in [7, 11) is 3.35. The van der Waals surface area contributed by atoms with Gasteiger partial charge in [-0.2, -0.15) is 10.4 Å². The number of halogens is 1. The number of nitrogens with two attached hydrogens (primary N) is 1. The van der Waals surface area contributed by atoms with Gasteiger partial charge >= 0.3 is 0 Å². The molecule has 3 rings (SSSR count). The van der Waals surface area contributed by atoms with Crippen LogP contribution in [0.3, 0.4) is 0 Å². The van der Waals surface area contributed by atoms with Gasteiger partial charge in [-0.3, -0.25) is 4.99 Å².